The Morgan fingerprint density at radius 1 is 1.26 bits per heavy atom. The molecule has 0 bridgehead atoms. The summed E-state index contributed by atoms with van der Waals surface area (Å²) in [5, 5.41) is 9.78. The van der Waals surface area contributed by atoms with E-state index in [1.165, 1.54) is 11.3 Å². The average molecular weight is 423 g/mol. The van der Waals surface area contributed by atoms with E-state index in [-0.39, 0.29) is 18.3 Å². The lowest BCUT2D eigenvalue weighted by Crippen LogP contribution is -2.31. The second-order valence-electron chi connectivity index (χ2n) is 7.20. The first-order chi connectivity index (χ1) is 12.6. The van der Waals surface area contributed by atoms with E-state index >= 15 is 0 Å². The molecule has 4 heterocycles. The first-order valence-corrected chi connectivity index (χ1v) is 10.0. The zero-order chi connectivity index (χ0) is 17.8. The summed E-state index contributed by atoms with van der Waals surface area (Å²) in [6, 6.07) is 9.63. The second-order valence-corrected chi connectivity index (χ2v) is 8.66. The van der Waals surface area contributed by atoms with Gasteiger partial charge < -0.3 is 10.2 Å². The van der Waals surface area contributed by atoms with E-state index < -0.39 is 0 Å². The highest BCUT2D eigenvalue weighted by atomic mass is 35.5. The molecule has 1 N–H and O–H groups in total. The molecule has 27 heavy (non-hydrogen) atoms. The van der Waals surface area contributed by atoms with Crippen LogP contribution in [0.4, 0.5) is 0 Å². The number of carbonyl (C=O) groups excluding carboxylic acids is 1. The molecule has 3 aromatic rings. The van der Waals surface area contributed by atoms with E-state index in [0.717, 1.165) is 52.7 Å². The number of halogens is 2. The molecule has 2 aliphatic heterocycles. The Balaban J connectivity index is 0.00000180. The van der Waals surface area contributed by atoms with Gasteiger partial charge in [0.05, 0.1) is 16.3 Å². The third-order valence-electron chi connectivity index (χ3n) is 5.48. The molecule has 2 fully saturated rings. The molecule has 0 saturated carbocycles. The highest BCUT2D eigenvalue weighted by molar-refractivity contribution is 7.20. The summed E-state index contributed by atoms with van der Waals surface area (Å²) in [5.41, 5.74) is 1.84. The number of benzene rings is 1. The highest BCUT2D eigenvalue weighted by Gasteiger charge is 2.38. The molecule has 1 amide bonds. The molecule has 0 aliphatic carbocycles. The van der Waals surface area contributed by atoms with Crippen molar-refractivity contribution in [2.45, 2.75) is 6.92 Å². The van der Waals surface area contributed by atoms with Crippen LogP contribution >= 0.6 is 35.3 Å². The molecular weight excluding hydrogens is 403 g/mol. The maximum atomic E-state index is 13.0. The van der Waals surface area contributed by atoms with Gasteiger partial charge in [0.2, 0.25) is 0 Å². The Labute approximate surface area is 172 Å². The monoisotopic (exact) mass is 422 g/mol. The fourth-order valence-corrected chi connectivity index (χ4v) is 5.45. The first kappa shape index (κ1) is 18.7. The van der Waals surface area contributed by atoms with Crippen molar-refractivity contribution >= 4 is 51.5 Å². The van der Waals surface area contributed by atoms with Gasteiger partial charge in [0.1, 0.15) is 4.83 Å². The van der Waals surface area contributed by atoms with Crippen molar-refractivity contribution in [1.29, 1.82) is 0 Å². The Bertz CT molecular complexity index is 1000. The van der Waals surface area contributed by atoms with Crippen molar-refractivity contribution in [1.82, 2.24) is 20.0 Å². The van der Waals surface area contributed by atoms with Gasteiger partial charge in [-0.25, -0.2) is 4.68 Å². The summed E-state index contributed by atoms with van der Waals surface area (Å²) in [6.45, 7) is 5.78. The quantitative estimate of drug-likeness (QED) is 0.683. The number of hydrogen-bond acceptors (Lipinski definition) is 4. The maximum Gasteiger partial charge on any atom is 0.264 e. The van der Waals surface area contributed by atoms with Crippen LogP contribution in [0.1, 0.15) is 15.4 Å². The molecule has 0 spiro atoms. The largest absolute Gasteiger partial charge is 0.337 e. The topological polar surface area (TPSA) is 50.2 Å². The third-order valence-corrected chi connectivity index (χ3v) is 6.82. The van der Waals surface area contributed by atoms with Crippen molar-refractivity contribution in [3.05, 3.63) is 45.9 Å². The predicted octanol–water partition coefficient (Wildman–Crippen LogP) is 3.76. The molecule has 2 aliphatic rings. The number of fused-ring (bicyclic) bond motifs is 2. The molecule has 5 rings (SSSR count). The Morgan fingerprint density at radius 3 is 2.70 bits per heavy atom. The molecule has 2 saturated heterocycles. The fraction of sp³-hybridized carbons (Fsp3) is 0.368. The van der Waals surface area contributed by atoms with E-state index in [4.69, 9.17) is 11.6 Å². The number of amides is 1. The normalized spacial score (nSPS) is 21.5. The number of aromatic nitrogens is 2. The van der Waals surface area contributed by atoms with Gasteiger partial charge in [-0.2, -0.15) is 5.10 Å². The van der Waals surface area contributed by atoms with Crippen LogP contribution in [0, 0.1) is 18.8 Å². The van der Waals surface area contributed by atoms with Crippen LogP contribution in [0.5, 0.6) is 0 Å². The third kappa shape index (κ3) is 3.14. The van der Waals surface area contributed by atoms with Crippen LogP contribution in [-0.4, -0.2) is 46.8 Å². The molecule has 2 aromatic heterocycles. The van der Waals surface area contributed by atoms with Crippen molar-refractivity contribution in [2.75, 3.05) is 26.2 Å². The maximum absolute atomic E-state index is 13.0. The van der Waals surface area contributed by atoms with Crippen LogP contribution < -0.4 is 5.32 Å². The van der Waals surface area contributed by atoms with Gasteiger partial charge in [-0.3, -0.25) is 4.79 Å². The Kier molecular flexibility index (Phi) is 4.93. The van der Waals surface area contributed by atoms with Gasteiger partial charge in [0.25, 0.3) is 5.91 Å². The van der Waals surface area contributed by atoms with Crippen molar-refractivity contribution in [3.8, 4) is 5.69 Å². The Hall–Kier alpha value is -1.60. The number of carbonyl (C=O) groups is 1. The second kappa shape index (κ2) is 7.09. The van der Waals surface area contributed by atoms with Crippen molar-refractivity contribution in [3.63, 3.8) is 0 Å². The number of rotatable bonds is 2. The average Bonchev–Trinajstić information content (AvgIpc) is 3.35. The summed E-state index contributed by atoms with van der Waals surface area (Å²) in [5.74, 6) is 1.37. The summed E-state index contributed by atoms with van der Waals surface area (Å²) in [6.07, 6.45) is 0. The molecular formula is C19H20Cl2N4OS. The van der Waals surface area contributed by atoms with Crippen LogP contribution in [0.25, 0.3) is 15.9 Å². The molecule has 2 atom stereocenters. The summed E-state index contributed by atoms with van der Waals surface area (Å²) < 4.78 is 1.89. The standard InChI is InChI=1S/C19H19ClN4OS.ClH/c1-11-16-6-17(18(25)23-9-12-7-21-8-13(12)10-23)26-19(16)24(22-11)15-4-2-3-14(20)5-15;/h2-6,12-13,21H,7-10H2,1H3;1H/t12-,13+;. The number of thiophene rings is 1. The van der Waals surface area contributed by atoms with Gasteiger partial charge in [-0.05, 0) is 43.0 Å². The summed E-state index contributed by atoms with van der Waals surface area (Å²) in [7, 11) is 0. The van der Waals surface area contributed by atoms with Gasteiger partial charge in [0, 0.05) is 36.6 Å². The number of nitrogens with one attached hydrogen (secondary N) is 1. The molecule has 0 unspecified atom stereocenters. The van der Waals surface area contributed by atoms with Crippen molar-refractivity contribution in [2.24, 2.45) is 11.8 Å². The SMILES string of the molecule is Cc1nn(-c2cccc(Cl)c2)c2sc(C(=O)N3C[C@H]4CNC[C@H]4C3)cc12.Cl. The summed E-state index contributed by atoms with van der Waals surface area (Å²) in [4.78, 5) is 16.8. The van der Waals surface area contributed by atoms with E-state index in [0.29, 0.717) is 16.9 Å². The molecule has 142 valence electrons. The lowest BCUT2D eigenvalue weighted by Gasteiger charge is -2.16. The lowest BCUT2D eigenvalue weighted by atomic mass is 10.0. The van der Waals surface area contributed by atoms with E-state index in [9.17, 15) is 4.79 Å². The van der Waals surface area contributed by atoms with Crippen LogP contribution in [0.2, 0.25) is 5.02 Å². The minimum absolute atomic E-state index is 0. The zero-order valence-electron chi connectivity index (χ0n) is 14.8. The highest BCUT2D eigenvalue weighted by Crippen LogP contribution is 2.33. The van der Waals surface area contributed by atoms with E-state index in [1.807, 2.05) is 46.8 Å². The van der Waals surface area contributed by atoms with Crippen molar-refractivity contribution < 1.29 is 4.79 Å². The number of likely N-dealkylation sites (tertiary alicyclic amines) is 1. The van der Waals surface area contributed by atoms with Gasteiger partial charge in [0.15, 0.2) is 0 Å². The number of nitrogens with zero attached hydrogens (tertiary/aromatic N) is 3. The van der Waals surface area contributed by atoms with Crippen LogP contribution in [-0.2, 0) is 0 Å². The smallest absolute Gasteiger partial charge is 0.264 e. The first-order valence-electron chi connectivity index (χ1n) is 8.85. The van der Waals surface area contributed by atoms with Crippen LogP contribution in [0.3, 0.4) is 0 Å². The van der Waals surface area contributed by atoms with Crippen LogP contribution in [0.15, 0.2) is 30.3 Å². The van der Waals surface area contributed by atoms with Gasteiger partial charge in [-0.15, -0.1) is 23.7 Å². The molecule has 8 heteroatoms. The number of hydrogen-bond donors (Lipinski definition) is 1. The van der Waals surface area contributed by atoms with Gasteiger partial charge >= 0.3 is 0 Å². The minimum Gasteiger partial charge on any atom is -0.337 e. The zero-order valence-corrected chi connectivity index (χ0v) is 17.2. The predicted molar refractivity (Wildman–Crippen MR) is 112 cm³/mol. The summed E-state index contributed by atoms with van der Waals surface area (Å²) >= 11 is 7.66. The van der Waals surface area contributed by atoms with Gasteiger partial charge in [-0.1, -0.05) is 17.7 Å². The fourth-order valence-electron chi connectivity index (χ4n) is 4.11. The minimum atomic E-state index is 0. The molecule has 5 nitrogen and oxygen atoms in total. The lowest BCUT2D eigenvalue weighted by molar-refractivity contribution is 0.0786. The van der Waals surface area contributed by atoms with E-state index in [2.05, 4.69) is 10.4 Å². The molecule has 0 radical (unpaired) electrons. The molecule has 1 aromatic carbocycles. The number of aryl methyl sites for hydroxylation is 1. The Morgan fingerprint density at radius 2 is 2.00 bits per heavy atom. The van der Waals surface area contributed by atoms with E-state index in [1.54, 1.807) is 0 Å².